The Kier molecular flexibility index (Phi) is 4.10. The Morgan fingerprint density at radius 3 is 2.56 bits per heavy atom. The maximum atomic E-state index is 11.8. The number of piperidine rings is 1. The van der Waals surface area contributed by atoms with Crippen molar-refractivity contribution in [2.45, 2.75) is 32.1 Å². The Morgan fingerprint density at radius 2 is 1.89 bits per heavy atom. The van der Waals surface area contributed by atoms with Crippen LogP contribution in [-0.4, -0.2) is 23.5 Å². The summed E-state index contributed by atoms with van der Waals surface area (Å²) in [5.74, 6) is -0.240. The molecule has 1 fully saturated rings. The standard InChI is InChI=1S/C14H17NO3/c16-9-3-5-11-4-1-6-12(10-11)15-13(17)7-2-8-14(15)18/h1,4,6,10,16H,2-3,5,7-9H2. The fourth-order valence-corrected chi connectivity index (χ4v) is 2.18. The number of hydrogen-bond donors (Lipinski definition) is 1. The molecule has 0 unspecified atom stereocenters. The molecule has 18 heavy (non-hydrogen) atoms. The van der Waals surface area contributed by atoms with Crippen LogP contribution in [0, 0.1) is 0 Å². The molecule has 0 aliphatic carbocycles. The van der Waals surface area contributed by atoms with E-state index in [0.29, 0.717) is 31.4 Å². The predicted molar refractivity (Wildman–Crippen MR) is 68.2 cm³/mol. The number of carbonyl (C=O) groups excluding carboxylic acids is 2. The van der Waals surface area contributed by atoms with E-state index < -0.39 is 0 Å². The Hall–Kier alpha value is -1.68. The van der Waals surface area contributed by atoms with Crippen molar-refractivity contribution < 1.29 is 14.7 Å². The highest BCUT2D eigenvalue weighted by Crippen LogP contribution is 2.23. The van der Waals surface area contributed by atoms with Gasteiger partial charge in [0, 0.05) is 19.4 Å². The maximum Gasteiger partial charge on any atom is 0.233 e. The summed E-state index contributed by atoms with van der Waals surface area (Å²) in [6, 6.07) is 7.43. The molecule has 0 bridgehead atoms. The summed E-state index contributed by atoms with van der Waals surface area (Å²) in [4.78, 5) is 24.9. The van der Waals surface area contributed by atoms with Crippen molar-refractivity contribution in [1.82, 2.24) is 0 Å². The van der Waals surface area contributed by atoms with E-state index in [2.05, 4.69) is 0 Å². The molecule has 0 saturated carbocycles. The van der Waals surface area contributed by atoms with Crippen LogP contribution in [0.25, 0.3) is 0 Å². The molecule has 1 saturated heterocycles. The van der Waals surface area contributed by atoms with Crippen LogP contribution in [0.3, 0.4) is 0 Å². The van der Waals surface area contributed by atoms with Crippen LogP contribution in [0.15, 0.2) is 24.3 Å². The van der Waals surface area contributed by atoms with Crippen molar-refractivity contribution >= 4 is 17.5 Å². The second kappa shape index (κ2) is 5.78. The first-order valence-corrected chi connectivity index (χ1v) is 6.28. The molecule has 1 aliphatic heterocycles. The molecule has 0 atom stereocenters. The van der Waals surface area contributed by atoms with Crippen LogP contribution in [0.2, 0.25) is 0 Å². The summed E-state index contributed by atoms with van der Waals surface area (Å²) < 4.78 is 0. The minimum Gasteiger partial charge on any atom is -0.396 e. The molecule has 0 aromatic heterocycles. The van der Waals surface area contributed by atoms with Crippen molar-refractivity contribution in [3.05, 3.63) is 29.8 Å². The van der Waals surface area contributed by atoms with Gasteiger partial charge in [0.25, 0.3) is 0 Å². The first kappa shape index (κ1) is 12.8. The maximum absolute atomic E-state index is 11.8. The fraction of sp³-hybridized carbons (Fsp3) is 0.429. The zero-order valence-electron chi connectivity index (χ0n) is 10.3. The number of hydrogen-bond acceptors (Lipinski definition) is 3. The van der Waals surface area contributed by atoms with E-state index >= 15 is 0 Å². The lowest BCUT2D eigenvalue weighted by molar-refractivity contribution is -0.129. The number of rotatable bonds is 4. The molecule has 4 nitrogen and oxygen atoms in total. The topological polar surface area (TPSA) is 57.6 Å². The van der Waals surface area contributed by atoms with Gasteiger partial charge in [-0.25, -0.2) is 0 Å². The second-order valence-electron chi connectivity index (χ2n) is 4.47. The predicted octanol–water partition coefficient (Wildman–Crippen LogP) is 1.66. The average molecular weight is 247 g/mol. The number of aliphatic hydroxyl groups excluding tert-OH is 1. The van der Waals surface area contributed by atoms with E-state index in [1.165, 1.54) is 4.90 Å². The van der Waals surface area contributed by atoms with E-state index in [-0.39, 0.29) is 18.4 Å². The number of amides is 2. The van der Waals surface area contributed by atoms with Crippen molar-refractivity contribution in [3.8, 4) is 0 Å². The Bertz CT molecular complexity index is 440. The van der Waals surface area contributed by atoms with Gasteiger partial charge in [-0.3, -0.25) is 14.5 Å². The molecular formula is C14H17NO3. The highest BCUT2D eigenvalue weighted by Gasteiger charge is 2.27. The third-order valence-electron chi connectivity index (χ3n) is 3.07. The van der Waals surface area contributed by atoms with Crippen molar-refractivity contribution in [1.29, 1.82) is 0 Å². The molecular weight excluding hydrogens is 230 g/mol. The van der Waals surface area contributed by atoms with Gasteiger partial charge >= 0.3 is 0 Å². The van der Waals surface area contributed by atoms with E-state index in [1.54, 1.807) is 6.07 Å². The van der Waals surface area contributed by atoms with Crippen molar-refractivity contribution in [3.63, 3.8) is 0 Å². The minimum atomic E-state index is -0.120. The zero-order valence-corrected chi connectivity index (χ0v) is 10.3. The van der Waals surface area contributed by atoms with E-state index in [9.17, 15) is 9.59 Å². The van der Waals surface area contributed by atoms with Crippen LogP contribution in [-0.2, 0) is 16.0 Å². The van der Waals surface area contributed by atoms with E-state index in [1.807, 2.05) is 18.2 Å². The van der Waals surface area contributed by atoms with E-state index in [4.69, 9.17) is 5.11 Å². The molecule has 2 amide bonds. The molecule has 96 valence electrons. The number of aryl methyl sites for hydroxylation is 1. The molecule has 0 spiro atoms. The highest BCUT2D eigenvalue weighted by molar-refractivity contribution is 6.16. The molecule has 1 aromatic rings. The second-order valence-corrected chi connectivity index (χ2v) is 4.47. The summed E-state index contributed by atoms with van der Waals surface area (Å²) in [7, 11) is 0. The summed E-state index contributed by atoms with van der Waals surface area (Å²) in [6.45, 7) is 0.145. The number of carbonyl (C=O) groups is 2. The molecule has 1 aliphatic rings. The summed E-state index contributed by atoms with van der Waals surface area (Å²) in [5.41, 5.74) is 1.69. The van der Waals surface area contributed by atoms with Crippen LogP contribution in [0.1, 0.15) is 31.2 Å². The number of anilines is 1. The first-order chi connectivity index (χ1) is 8.72. The number of aliphatic hydroxyl groups is 1. The lowest BCUT2D eigenvalue weighted by atomic mass is 10.1. The fourth-order valence-electron chi connectivity index (χ4n) is 2.18. The lowest BCUT2D eigenvalue weighted by Gasteiger charge is -2.25. The van der Waals surface area contributed by atoms with Gasteiger partial charge in [-0.15, -0.1) is 0 Å². The summed E-state index contributed by atoms with van der Waals surface area (Å²) in [5, 5.41) is 8.81. The van der Waals surface area contributed by atoms with Gasteiger partial charge in [0.1, 0.15) is 0 Å². The van der Waals surface area contributed by atoms with Gasteiger partial charge in [-0.2, -0.15) is 0 Å². The van der Waals surface area contributed by atoms with Gasteiger partial charge in [0.05, 0.1) is 5.69 Å². The number of nitrogens with zero attached hydrogens (tertiary/aromatic N) is 1. The normalized spacial score (nSPS) is 16.2. The Balaban J connectivity index is 2.21. The van der Waals surface area contributed by atoms with Gasteiger partial charge in [0.2, 0.25) is 11.8 Å². The molecule has 1 heterocycles. The van der Waals surface area contributed by atoms with Crippen LogP contribution >= 0.6 is 0 Å². The largest absolute Gasteiger partial charge is 0.396 e. The summed E-state index contributed by atoms with van der Waals surface area (Å²) in [6.07, 6.45) is 2.96. The molecule has 4 heteroatoms. The highest BCUT2D eigenvalue weighted by atomic mass is 16.3. The van der Waals surface area contributed by atoms with Gasteiger partial charge < -0.3 is 5.11 Å². The number of imide groups is 1. The van der Waals surface area contributed by atoms with Crippen molar-refractivity contribution in [2.24, 2.45) is 0 Å². The third-order valence-corrected chi connectivity index (χ3v) is 3.07. The van der Waals surface area contributed by atoms with Crippen LogP contribution in [0.4, 0.5) is 5.69 Å². The molecule has 2 rings (SSSR count). The summed E-state index contributed by atoms with van der Waals surface area (Å²) >= 11 is 0. The van der Waals surface area contributed by atoms with Gasteiger partial charge in [-0.1, -0.05) is 12.1 Å². The molecule has 1 aromatic carbocycles. The third kappa shape index (κ3) is 2.76. The average Bonchev–Trinajstić information content (AvgIpc) is 2.37. The molecule has 0 radical (unpaired) electrons. The monoisotopic (exact) mass is 247 g/mol. The Morgan fingerprint density at radius 1 is 1.17 bits per heavy atom. The first-order valence-electron chi connectivity index (χ1n) is 6.28. The zero-order chi connectivity index (χ0) is 13.0. The SMILES string of the molecule is O=C1CCCC(=O)N1c1cccc(CCCO)c1. The van der Waals surface area contributed by atoms with Crippen LogP contribution < -0.4 is 4.90 Å². The quantitative estimate of drug-likeness (QED) is 0.823. The minimum absolute atomic E-state index is 0.120. The van der Waals surface area contributed by atoms with Gasteiger partial charge in [0.15, 0.2) is 0 Å². The van der Waals surface area contributed by atoms with Gasteiger partial charge in [-0.05, 0) is 37.0 Å². The van der Waals surface area contributed by atoms with Crippen molar-refractivity contribution in [2.75, 3.05) is 11.5 Å². The Labute approximate surface area is 106 Å². The lowest BCUT2D eigenvalue weighted by Crippen LogP contribution is -2.40. The smallest absolute Gasteiger partial charge is 0.233 e. The van der Waals surface area contributed by atoms with Crippen LogP contribution in [0.5, 0.6) is 0 Å². The number of benzene rings is 1. The van der Waals surface area contributed by atoms with E-state index in [0.717, 1.165) is 12.0 Å². The molecule has 1 N–H and O–H groups in total.